The second kappa shape index (κ2) is 17.6. The number of amides is 1. The summed E-state index contributed by atoms with van der Waals surface area (Å²) in [6.45, 7) is -4.40. The molecule has 2 aromatic carbocycles. The molecule has 1 amide bonds. The zero-order chi connectivity index (χ0) is 54.8. The zero-order valence-electron chi connectivity index (χ0n) is 45.4. The fourth-order valence-electron chi connectivity index (χ4n) is 10.1. The predicted molar refractivity (Wildman–Crippen MR) is 226 cm³/mol. The number of ketones is 1. The number of fused-ring (bicyclic) bond motifs is 5. The number of nitrogens with two attached hydrogens (primary N) is 1. The second-order valence-corrected chi connectivity index (χ2v) is 17.6. The molecule has 1 heterocycles. The summed E-state index contributed by atoms with van der Waals surface area (Å²) in [5, 5.41) is 28.4. The highest BCUT2D eigenvalue weighted by atomic mass is 16.6. The van der Waals surface area contributed by atoms with Crippen LogP contribution in [0.3, 0.4) is 0 Å². The van der Waals surface area contributed by atoms with Crippen LogP contribution in [0.15, 0.2) is 71.8 Å². The van der Waals surface area contributed by atoms with Crippen molar-refractivity contribution in [1.82, 2.24) is 5.32 Å². The number of carbonyl (C=O) groups excluding carboxylic acids is 6. The van der Waals surface area contributed by atoms with E-state index in [1.54, 1.807) is 18.2 Å². The Morgan fingerprint density at radius 1 is 0.984 bits per heavy atom. The maximum absolute atomic E-state index is 15.4. The molecule has 2 bridgehead atoms. The molecule has 1 aliphatic heterocycles. The topological polar surface area (TPSA) is 246 Å². The van der Waals surface area contributed by atoms with E-state index in [-0.39, 0.29) is 35.3 Å². The normalized spacial score (nSPS) is 34.7. The van der Waals surface area contributed by atoms with Crippen molar-refractivity contribution in [3.05, 3.63) is 82.9 Å². The third-order valence-corrected chi connectivity index (χ3v) is 13.3. The molecule has 348 valence electrons. The molecule has 5 N–H and O–H groups in total. The second-order valence-electron chi connectivity index (χ2n) is 17.6. The van der Waals surface area contributed by atoms with Gasteiger partial charge in [-0.3, -0.25) is 14.4 Å². The van der Waals surface area contributed by atoms with E-state index in [2.05, 4.69) is 5.32 Å². The van der Waals surface area contributed by atoms with E-state index < -0.39 is 145 Å². The number of benzene rings is 2. The first-order valence-corrected chi connectivity index (χ1v) is 20.6. The highest BCUT2D eigenvalue weighted by Crippen LogP contribution is 2.64. The van der Waals surface area contributed by atoms with Gasteiger partial charge in [0.2, 0.25) is 6.10 Å². The van der Waals surface area contributed by atoms with Crippen molar-refractivity contribution in [2.24, 2.45) is 22.5 Å². The Morgan fingerprint density at radius 2 is 1.61 bits per heavy atom. The van der Waals surface area contributed by atoms with Gasteiger partial charge in [-0.25, -0.2) is 14.4 Å². The van der Waals surface area contributed by atoms with Crippen molar-refractivity contribution in [2.45, 2.75) is 140 Å². The van der Waals surface area contributed by atoms with Gasteiger partial charge >= 0.3 is 30.0 Å². The molecule has 0 aromatic heterocycles. The standard InChI is InChI=1S/C47H60N2O15/c1-24-29(60-41(55)35(61-39(53)25(2)48)33(27-17-13-11-14-18-27)49-42(56)64-43(4,5)6)22-47(57)38(62-40(54)28-19-15-12-16-20-28)36-45(9,37(52)34(51)32(24)44(47,7)8)30(58-10)21-31-46(36,23-59-31)63-26(3)50/h11-20,25,29-31,33-36,38,51,57H,21-23,48H2,1-10H3,(H,49,56)/t25?,29-,30-,31+,33-,34+,35+,36-,38+,45+,46-,47+/m0/s1/i4D3,5D3,6D3. The molecule has 1 saturated heterocycles. The Labute approximate surface area is 384 Å². The molecular weight excluding hydrogens is 833 g/mol. The van der Waals surface area contributed by atoms with E-state index in [1.807, 2.05) is 0 Å². The third-order valence-electron chi connectivity index (χ3n) is 13.3. The average Bonchev–Trinajstić information content (AvgIpc) is 3.28. The van der Waals surface area contributed by atoms with E-state index in [4.69, 9.17) is 51.2 Å². The van der Waals surface area contributed by atoms with Crippen LogP contribution in [0.4, 0.5) is 4.79 Å². The molecule has 2 aromatic rings. The van der Waals surface area contributed by atoms with Crippen molar-refractivity contribution < 1.29 is 84.5 Å². The number of esters is 4. The Bertz CT molecular complexity index is 2470. The molecule has 4 aliphatic rings. The summed E-state index contributed by atoms with van der Waals surface area (Å²) in [4.78, 5) is 85.3. The number of aliphatic hydroxyl groups is 2. The number of Topliss-reactive ketones (excluding diaryl/α,β-unsaturated/α-hetero) is 1. The van der Waals surface area contributed by atoms with Crippen LogP contribution in [0.1, 0.15) is 109 Å². The fourth-order valence-corrected chi connectivity index (χ4v) is 10.1. The van der Waals surface area contributed by atoms with Crippen molar-refractivity contribution in [2.75, 3.05) is 13.7 Å². The maximum atomic E-state index is 15.4. The SMILES string of the molecule is [2H]C([2H])([2H])C(OC(=O)N[C@@H](c1ccccc1)[C@@H](OC(=O)C(C)N)C(=O)O[C@H]1C[C@@]2(O)[C@H](OC(=O)c3ccccc3)[C@@H]3[C@]4(OC(C)=O)CO[C@@H]4C[C@H](OC)[C@@]3(C)C(=O)[C@H](O)C(=C1C)C2(C)C)(C([2H])([2H])[2H])C([2H])([2H])[2H]. The lowest BCUT2D eigenvalue weighted by molar-refractivity contribution is -0.347. The number of alkyl carbamates (subject to hydrolysis) is 1. The first-order chi connectivity index (χ1) is 33.6. The number of nitrogens with one attached hydrogen (secondary N) is 1. The van der Waals surface area contributed by atoms with Crippen LogP contribution in [0, 0.1) is 16.7 Å². The zero-order valence-corrected chi connectivity index (χ0v) is 36.4. The largest absolute Gasteiger partial charge is 0.455 e. The van der Waals surface area contributed by atoms with Gasteiger partial charge in [-0.15, -0.1) is 0 Å². The minimum atomic E-state index is -4.16. The number of carbonyl (C=O) groups is 6. The van der Waals surface area contributed by atoms with Crippen molar-refractivity contribution in [3.63, 3.8) is 0 Å². The number of methoxy groups -OCH3 is 1. The Hall–Kier alpha value is -5.20. The number of aliphatic hydroxyl groups excluding tert-OH is 1. The molecule has 64 heavy (non-hydrogen) atoms. The smallest absolute Gasteiger partial charge is 0.408 e. The van der Waals surface area contributed by atoms with Crippen LogP contribution in [0.5, 0.6) is 0 Å². The summed E-state index contributed by atoms with van der Waals surface area (Å²) >= 11 is 0. The predicted octanol–water partition coefficient (Wildman–Crippen LogP) is 3.81. The average molecular weight is 902 g/mol. The van der Waals surface area contributed by atoms with Gasteiger partial charge in [0, 0.05) is 44.6 Å². The van der Waals surface area contributed by atoms with Crippen molar-refractivity contribution >= 4 is 35.8 Å². The molecule has 3 fully saturated rings. The van der Waals surface area contributed by atoms with Gasteiger partial charge in [-0.1, -0.05) is 62.4 Å². The Morgan fingerprint density at radius 3 is 2.16 bits per heavy atom. The molecular formula is C47H60N2O15. The molecule has 0 radical (unpaired) electrons. The Balaban J connectivity index is 1.54. The van der Waals surface area contributed by atoms with Gasteiger partial charge < -0.3 is 54.4 Å². The summed E-state index contributed by atoms with van der Waals surface area (Å²) in [6, 6.07) is 10.9. The first kappa shape index (κ1) is 37.1. The molecule has 3 aliphatic carbocycles. The summed E-state index contributed by atoms with van der Waals surface area (Å²) in [6.07, 6.45) is -13.1. The van der Waals surface area contributed by atoms with Crippen LogP contribution in [-0.2, 0) is 52.3 Å². The van der Waals surface area contributed by atoms with Gasteiger partial charge in [-0.05, 0) is 70.2 Å². The van der Waals surface area contributed by atoms with Crippen LogP contribution in [0.25, 0.3) is 0 Å². The quantitative estimate of drug-likeness (QED) is 0.142. The third kappa shape index (κ3) is 8.43. The van der Waals surface area contributed by atoms with E-state index in [1.165, 1.54) is 84.2 Å². The van der Waals surface area contributed by atoms with E-state index in [0.29, 0.717) is 0 Å². The molecule has 1 unspecified atom stereocenters. The summed E-state index contributed by atoms with van der Waals surface area (Å²) in [5.74, 6) is -7.17. The van der Waals surface area contributed by atoms with Gasteiger partial charge in [-0.2, -0.15) is 0 Å². The molecule has 6 rings (SSSR count). The summed E-state index contributed by atoms with van der Waals surface area (Å²) < 4.78 is 113. The van der Waals surface area contributed by atoms with E-state index >= 15 is 9.59 Å². The lowest BCUT2D eigenvalue weighted by atomic mass is 9.44. The van der Waals surface area contributed by atoms with Gasteiger partial charge in [0.05, 0.1) is 29.6 Å². The highest BCUT2D eigenvalue weighted by Gasteiger charge is 2.78. The number of hydrogen-bond donors (Lipinski definition) is 4. The van der Waals surface area contributed by atoms with E-state index in [0.717, 1.165) is 6.92 Å². The summed E-state index contributed by atoms with van der Waals surface area (Å²) in [7, 11) is 1.31. The minimum Gasteiger partial charge on any atom is -0.455 e. The number of hydrogen-bond acceptors (Lipinski definition) is 16. The molecule has 17 nitrogen and oxygen atoms in total. The minimum absolute atomic E-state index is 0.00239. The van der Waals surface area contributed by atoms with Crippen LogP contribution in [0.2, 0.25) is 0 Å². The summed E-state index contributed by atoms with van der Waals surface area (Å²) in [5.41, 5.74) is -6.75. The number of ether oxygens (including phenoxy) is 7. The first-order valence-electron chi connectivity index (χ1n) is 25.1. The van der Waals surface area contributed by atoms with Gasteiger partial charge in [0.25, 0.3) is 0 Å². The highest BCUT2D eigenvalue weighted by molar-refractivity contribution is 5.94. The van der Waals surface area contributed by atoms with Gasteiger partial charge in [0.15, 0.2) is 11.4 Å². The van der Waals surface area contributed by atoms with Crippen LogP contribution >= 0.6 is 0 Å². The molecule has 0 spiro atoms. The van der Waals surface area contributed by atoms with Gasteiger partial charge in [0.1, 0.15) is 47.7 Å². The molecule has 2 saturated carbocycles. The Kier molecular flexibility index (Phi) is 10.2. The van der Waals surface area contributed by atoms with Crippen LogP contribution in [-0.4, -0.2) is 119 Å². The van der Waals surface area contributed by atoms with Crippen molar-refractivity contribution in [3.8, 4) is 0 Å². The van der Waals surface area contributed by atoms with E-state index in [9.17, 15) is 29.4 Å². The van der Waals surface area contributed by atoms with Crippen LogP contribution < -0.4 is 11.1 Å². The fraction of sp³-hybridized carbons (Fsp3) is 0.574. The number of rotatable bonds is 11. The lowest BCUT2D eigenvalue weighted by Gasteiger charge is -2.67. The van der Waals surface area contributed by atoms with Crippen molar-refractivity contribution in [1.29, 1.82) is 0 Å². The maximum Gasteiger partial charge on any atom is 0.408 e. The molecule has 17 heteroatoms. The monoisotopic (exact) mass is 901 g/mol. The molecule has 12 atom stereocenters. The lowest BCUT2D eigenvalue weighted by Crippen LogP contribution is -2.82.